The van der Waals surface area contributed by atoms with Gasteiger partial charge in [0.15, 0.2) is 0 Å². The number of unbranched alkanes of at least 4 members (excludes halogenated alkanes) is 1. The van der Waals surface area contributed by atoms with Gasteiger partial charge in [0, 0.05) is 42.7 Å². The molecule has 3 rings (SSSR count). The van der Waals surface area contributed by atoms with Crippen molar-refractivity contribution in [3.05, 3.63) is 45.8 Å². The molecule has 10 heteroatoms. The van der Waals surface area contributed by atoms with Crippen LogP contribution in [-0.4, -0.2) is 62.3 Å². The van der Waals surface area contributed by atoms with Crippen LogP contribution in [0.1, 0.15) is 71.7 Å². The van der Waals surface area contributed by atoms with Crippen molar-refractivity contribution in [1.82, 2.24) is 9.21 Å². The molecule has 1 N–H and O–H groups in total. The van der Waals surface area contributed by atoms with Gasteiger partial charge in [0.1, 0.15) is 5.00 Å². The van der Waals surface area contributed by atoms with Crippen LogP contribution in [-0.2, 0) is 27.7 Å². The summed E-state index contributed by atoms with van der Waals surface area (Å²) in [5.74, 6) is -0.874. The first kappa shape index (κ1) is 27.3. The predicted molar refractivity (Wildman–Crippen MR) is 139 cm³/mol. The van der Waals surface area contributed by atoms with Gasteiger partial charge in [-0.2, -0.15) is 4.31 Å². The third kappa shape index (κ3) is 5.94. The van der Waals surface area contributed by atoms with Crippen LogP contribution in [0.15, 0.2) is 29.2 Å². The molecule has 0 fully saturated rings. The first-order chi connectivity index (χ1) is 16.6. The van der Waals surface area contributed by atoms with E-state index in [-0.39, 0.29) is 4.90 Å². The molecule has 0 saturated carbocycles. The third-order valence-corrected chi connectivity index (χ3v) is 9.42. The van der Waals surface area contributed by atoms with Crippen molar-refractivity contribution in [3.63, 3.8) is 0 Å². The normalized spacial score (nSPS) is 14.3. The fraction of sp³-hybridized carbons (Fsp3) is 0.520. The van der Waals surface area contributed by atoms with Gasteiger partial charge in [-0.05, 0) is 56.5 Å². The summed E-state index contributed by atoms with van der Waals surface area (Å²) in [7, 11) is -2.29. The molecule has 0 spiro atoms. The number of hydrogen-bond acceptors (Lipinski definition) is 7. The lowest BCUT2D eigenvalue weighted by Gasteiger charge is -2.30. The van der Waals surface area contributed by atoms with Crippen LogP contribution >= 0.6 is 11.3 Å². The molecular weight excluding hydrogens is 486 g/mol. The molecule has 1 amide bonds. The topological polar surface area (TPSA) is 96.0 Å². The summed E-state index contributed by atoms with van der Waals surface area (Å²) in [6.07, 6.45) is 2.40. The van der Waals surface area contributed by atoms with Crippen molar-refractivity contribution in [1.29, 1.82) is 0 Å². The highest BCUT2D eigenvalue weighted by molar-refractivity contribution is 7.89. The first-order valence-electron chi connectivity index (χ1n) is 12.0. The summed E-state index contributed by atoms with van der Waals surface area (Å²) in [5, 5.41) is 3.33. The van der Waals surface area contributed by atoms with E-state index < -0.39 is 21.9 Å². The molecule has 0 radical (unpaired) electrons. The van der Waals surface area contributed by atoms with E-state index in [4.69, 9.17) is 4.74 Å². The average Bonchev–Trinajstić information content (AvgIpc) is 3.20. The van der Waals surface area contributed by atoms with E-state index in [0.29, 0.717) is 41.7 Å². The van der Waals surface area contributed by atoms with E-state index in [0.717, 1.165) is 36.4 Å². The zero-order chi connectivity index (χ0) is 25.8. The lowest BCUT2D eigenvalue weighted by Crippen LogP contribution is -2.35. The minimum Gasteiger partial charge on any atom is -0.465 e. The number of anilines is 1. The number of methoxy groups -OCH3 is 1. The van der Waals surface area contributed by atoms with Crippen molar-refractivity contribution in [2.45, 2.75) is 64.4 Å². The van der Waals surface area contributed by atoms with E-state index in [9.17, 15) is 18.0 Å². The smallest absolute Gasteiger partial charge is 0.341 e. The van der Waals surface area contributed by atoms with E-state index >= 15 is 0 Å². The number of benzene rings is 1. The molecule has 0 unspecified atom stereocenters. The van der Waals surface area contributed by atoms with E-state index in [2.05, 4.69) is 24.1 Å². The van der Waals surface area contributed by atoms with Gasteiger partial charge in [0.05, 0.1) is 17.6 Å². The molecule has 8 nitrogen and oxygen atoms in total. The number of rotatable bonds is 10. The number of esters is 1. The number of thiophene rings is 1. The van der Waals surface area contributed by atoms with Crippen LogP contribution in [0.2, 0.25) is 0 Å². The molecular formula is C25H35N3O5S2. The average molecular weight is 522 g/mol. The Kier molecular flexibility index (Phi) is 9.09. The Morgan fingerprint density at radius 2 is 1.89 bits per heavy atom. The number of ether oxygens (including phenoxy) is 1. The highest BCUT2D eigenvalue weighted by Gasteiger charge is 2.30. The van der Waals surface area contributed by atoms with Crippen LogP contribution in [0.25, 0.3) is 0 Å². The van der Waals surface area contributed by atoms with Crippen LogP contribution in [0, 0.1) is 0 Å². The largest absolute Gasteiger partial charge is 0.465 e. The number of nitrogens with one attached hydrogen (secondary N) is 1. The van der Waals surface area contributed by atoms with Gasteiger partial charge < -0.3 is 10.1 Å². The molecule has 192 valence electrons. The minimum atomic E-state index is -3.62. The Labute approximate surface area is 212 Å². The molecule has 35 heavy (non-hydrogen) atoms. The number of fused-ring (bicyclic) bond motifs is 1. The standard InChI is InChI=1S/C25H35N3O5S2/c1-6-8-14-28(7-2)35(31,32)19-11-9-18(10-12-19)23(29)26-24-22(25(30)33-5)20-13-15-27(17(3)4)16-21(20)34-24/h9-12,17H,6-8,13-16H2,1-5H3,(H,26,29). The van der Waals surface area contributed by atoms with Crippen LogP contribution < -0.4 is 5.32 Å². The Hall–Kier alpha value is -2.27. The van der Waals surface area contributed by atoms with Crippen LogP contribution in [0.3, 0.4) is 0 Å². The van der Waals surface area contributed by atoms with Crippen molar-refractivity contribution in [2.75, 3.05) is 32.1 Å². The molecule has 0 aliphatic carbocycles. The second-order valence-corrected chi connectivity index (χ2v) is 11.9. The van der Waals surface area contributed by atoms with Crippen molar-refractivity contribution in [2.24, 2.45) is 0 Å². The Balaban J connectivity index is 1.83. The molecule has 1 aromatic carbocycles. The van der Waals surface area contributed by atoms with Crippen molar-refractivity contribution >= 4 is 38.2 Å². The van der Waals surface area contributed by atoms with Gasteiger partial charge in [-0.25, -0.2) is 13.2 Å². The number of nitrogens with zero attached hydrogens (tertiary/aromatic N) is 2. The lowest BCUT2D eigenvalue weighted by atomic mass is 10.0. The molecule has 2 heterocycles. The molecule has 2 aromatic rings. The summed E-state index contributed by atoms with van der Waals surface area (Å²) in [6, 6.07) is 6.30. The highest BCUT2D eigenvalue weighted by atomic mass is 32.2. The van der Waals surface area contributed by atoms with Gasteiger partial charge in [0.2, 0.25) is 10.0 Å². The number of amides is 1. The maximum atomic E-state index is 13.0. The number of carbonyl (C=O) groups is 2. The van der Waals surface area contributed by atoms with Crippen LogP contribution in [0.4, 0.5) is 5.00 Å². The fourth-order valence-electron chi connectivity index (χ4n) is 4.16. The van der Waals surface area contributed by atoms with Gasteiger partial charge >= 0.3 is 5.97 Å². The summed E-state index contributed by atoms with van der Waals surface area (Å²) in [5.41, 5.74) is 1.66. The van der Waals surface area contributed by atoms with E-state index in [1.807, 2.05) is 13.8 Å². The number of hydrogen-bond donors (Lipinski definition) is 1. The third-order valence-electron chi connectivity index (χ3n) is 6.30. The Morgan fingerprint density at radius 1 is 1.20 bits per heavy atom. The zero-order valence-electron chi connectivity index (χ0n) is 21.1. The minimum absolute atomic E-state index is 0.155. The van der Waals surface area contributed by atoms with E-state index in [1.54, 1.807) is 0 Å². The molecule has 1 aliphatic rings. The maximum Gasteiger partial charge on any atom is 0.341 e. The second-order valence-electron chi connectivity index (χ2n) is 8.84. The summed E-state index contributed by atoms with van der Waals surface area (Å²) in [6.45, 7) is 10.5. The van der Waals surface area contributed by atoms with E-state index in [1.165, 1.54) is 47.0 Å². The van der Waals surface area contributed by atoms with Gasteiger partial charge in [-0.1, -0.05) is 20.3 Å². The van der Waals surface area contributed by atoms with Gasteiger partial charge in [0.25, 0.3) is 5.91 Å². The molecule has 0 bridgehead atoms. The lowest BCUT2D eigenvalue weighted by molar-refractivity contribution is 0.0600. The van der Waals surface area contributed by atoms with Crippen molar-refractivity contribution in [3.8, 4) is 0 Å². The quantitative estimate of drug-likeness (QED) is 0.467. The molecule has 0 atom stereocenters. The zero-order valence-corrected chi connectivity index (χ0v) is 22.7. The fourth-order valence-corrected chi connectivity index (χ4v) is 6.90. The number of sulfonamides is 1. The SMILES string of the molecule is CCCCN(CC)S(=O)(=O)c1ccc(C(=O)Nc2sc3c(c2C(=O)OC)CCN(C(C)C)C3)cc1. The number of carbonyl (C=O) groups excluding carboxylic acids is 2. The summed E-state index contributed by atoms with van der Waals surface area (Å²) >= 11 is 1.39. The van der Waals surface area contributed by atoms with Crippen molar-refractivity contribution < 1.29 is 22.7 Å². The molecule has 1 aromatic heterocycles. The predicted octanol–water partition coefficient (Wildman–Crippen LogP) is 4.36. The van der Waals surface area contributed by atoms with Gasteiger partial charge in [-0.3, -0.25) is 9.69 Å². The second kappa shape index (κ2) is 11.6. The first-order valence-corrected chi connectivity index (χ1v) is 14.3. The summed E-state index contributed by atoms with van der Waals surface area (Å²) in [4.78, 5) is 29.1. The van der Waals surface area contributed by atoms with Gasteiger partial charge in [-0.15, -0.1) is 11.3 Å². The molecule has 1 aliphatic heterocycles. The monoisotopic (exact) mass is 521 g/mol. The molecule has 0 saturated heterocycles. The van der Waals surface area contributed by atoms with Crippen LogP contribution in [0.5, 0.6) is 0 Å². The highest BCUT2D eigenvalue weighted by Crippen LogP contribution is 2.38. The Bertz CT molecular complexity index is 1160. The Morgan fingerprint density at radius 3 is 2.46 bits per heavy atom. The summed E-state index contributed by atoms with van der Waals surface area (Å²) < 4.78 is 32.4. The maximum absolute atomic E-state index is 13.0.